The molecule has 5 heterocycles. The molecule has 2 aliphatic heterocycles. The van der Waals surface area contributed by atoms with Gasteiger partial charge in [0.15, 0.2) is 13.7 Å². The second-order valence-corrected chi connectivity index (χ2v) is 32.5. The van der Waals surface area contributed by atoms with Crippen LogP contribution in [0.1, 0.15) is 44.5 Å². The normalized spacial score (nSPS) is 15.6. The van der Waals surface area contributed by atoms with Crippen LogP contribution in [0.25, 0.3) is 133 Å². The Labute approximate surface area is 602 Å². The maximum absolute atomic E-state index is 6.29. The number of nitrogens with zero attached hydrogens (tertiary/aromatic N) is 3. The summed E-state index contributed by atoms with van der Waals surface area (Å²) in [5, 5.41) is 10.4. The van der Waals surface area contributed by atoms with Crippen LogP contribution in [0.15, 0.2) is 374 Å². The largest absolute Gasteiger partial charge is 0.436 e. The van der Waals surface area contributed by atoms with Gasteiger partial charge in [0.2, 0.25) is 5.89 Å². The molecule has 2 spiro atoms. The zero-order chi connectivity index (χ0) is 68.0. The van der Waals surface area contributed by atoms with Crippen molar-refractivity contribution < 1.29 is 4.42 Å². The molecule has 0 amide bonds. The monoisotopic (exact) mass is 1340 g/mol. The molecule has 0 saturated carbocycles. The smallest absolute Gasteiger partial charge is 0.227 e. The lowest BCUT2D eigenvalue weighted by Crippen LogP contribution is -2.74. The zero-order valence-corrected chi connectivity index (χ0v) is 57.5. The molecular formula is C99H61N3OSi. The minimum absolute atomic E-state index is 0.620. The van der Waals surface area contributed by atoms with Crippen LogP contribution in [-0.2, 0) is 10.8 Å². The first-order valence-electron chi connectivity index (χ1n) is 36.2. The van der Waals surface area contributed by atoms with Gasteiger partial charge < -0.3 is 13.6 Å². The van der Waals surface area contributed by atoms with Crippen molar-refractivity contribution in [1.29, 1.82) is 0 Å². The highest BCUT2D eigenvalue weighted by molar-refractivity contribution is 7.19. The van der Waals surface area contributed by atoms with Crippen LogP contribution in [0, 0.1) is 0 Å². The third-order valence-corrected chi connectivity index (χ3v) is 28.7. The first kappa shape index (κ1) is 57.6. The Balaban J connectivity index is 0.709. The molecule has 4 nitrogen and oxygen atoms in total. The lowest BCUT2D eigenvalue weighted by Gasteiger charge is -2.39. The Hall–Kier alpha value is -13.2. The fraction of sp³-hybridized carbons (Fsp3) is 0.0202. The first-order valence-corrected chi connectivity index (χ1v) is 38.2. The molecule has 0 saturated heterocycles. The van der Waals surface area contributed by atoms with Crippen LogP contribution >= 0.6 is 0 Å². The molecule has 23 rings (SSSR count). The highest BCUT2D eigenvalue weighted by Gasteiger charge is 2.54. The topological polar surface area (TPSA) is 35.9 Å². The van der Waals surface area contributed by atoms with Gasteiger partial charge >= 0.3 is 0 Å². The molecule has 0 fully saturated rings. The summed E-state index contributed by atoms with van der Waals surface area (Å²) in [7, 11) is -2.75. The van der Waals surface area contributed by atoms with Crippen LogP contribution in [0.4, 0.5) is 0 Å². The molecule has 3 aromatic heterocycles. The first-order chi connectivity index (χ1) is 51.6. The Morgan fingerprint density at radius 3 is 1.35 bits per heavy atom. The number of hydrogen-bond donors (Lipinski definition) is 0. The minimum Gasteiger partial charge on any atom is -0.436 e. The van der Waals surface area contributed by atoms with E-state index in [1.807, 2.05) is 24.3 Å². The standard InChI is InChI=1S/C99H61N3OSi/c1-4-23-68(24-5-1)104(69-25-6-2-7-26-69,70-27-8-3-9-28-70)71-54-49-63(50-55-71)65-51-56-74-73-29-10-12-34-80(73)98(86(74)60-65)81-35-13-17-42-91(81)102-90-58-53-67(59-79(90)77-33-22-38-84(98)96(77)102)72-31-20-37-83-94(72)78-57-52-66(62-45-47-64(48-46-62)97-100-88-40-15-19-44-93(88)103-97)61-87(78)99(83)82-36-14-18-43-92(82)101-89-41-16-11-30-75(89)76-32-21-39-85(99)95(76)101/h1-61H. The number of para-hydroxylation sites is 7. The number of benzene rings is 16. The highest BCUT2D eigenvalue weighted by atomic mass is 28.3. The van der Waals surface area contributed by atoms with Crippen LogP contribution < -0.4 is 20.7 Å². The van der Waals surface area contributed by atoms with E-state index in [0.29, 0.717) is 5.89 Å². The molecule has 104 heavy (non-hydrogen) atoms. The fourth-order valence-corrected chi connectivity index (χ4v) is 24.6. The lowest BCUT2D eigenvalue weighted by atomic mass is 9.65. The third kappa shape index (κ3) is 7.47. The average Bonchev–Trinajstić information content (AvgIpc) is 1.49. The summed E-state index contributed by atoms with van der Waals surface area (Å²) in [6.45, 7) is 0. The van der Waals surface area contributed by atoms with Gasteiger partial charge in [-0.1, -0.05) is 303 Å². The lowest BCUT2D eigenvalue weighted by molar-refractivity contribution is 0.620. The van der Waals surface area contributed by atoms with E-state index in [2.05, 4.69) is 355 Å². The molecule has 4 aliphatic rings. The number of rotatable bonds is 8. The van der Waals surface area contributed by atoms with E-state index < -0.39 is 18.9 Å². The Morgan fingerprint density at radius 2 is 0.692 bits per heavy atom. The van der Waals surface area contributed by atoms with Crippen molar-refractivity contribution >= 4 is 83.5 Å². The Morgan fingerprint density at radius 1 is 0.260 bits per heavy atom. The van der Waals surface area contributed by atoms with Crippen molar-refractivity contribution in [2.24, 2.45) is 0 Å². The number of fused-ring (bicyclic) bond motifs is 25. The van der Waals surface area contributed by atoms with Crippen molar-refractivity contribution in [3.63, 3.8) is 0 Å². The number of oxazole rings is 1. The van der Waals surface area contributed by atoms with Gasteiger partial charge in [-0.15, -0.1) is 0 Å². The third-order valence-electron chi connectivity index (χ3n) is 23.9. The molecule has 5 heteroatoms. The molecule has 0 N–H and O–H groups in total. The molecule has 0 radical (unpaired) electrons. The molecule has 16 aromatic carbocycles. The highest BCUT2D eigenvalue weighted by Crippen LogP contribution is 2.65. The van der Waals surface area contributed by atoms with Crippen molar-refractivity contribution in [2.45, 2.75) is 10.8 Å². The summed E-state index contributed by atoms with van der Waals surface area (Å²) in [5.41, 5.74) is 31.1. The number of hydrogen-bond acceptors (Lipinski definition) is 2. The van der Waals surface area contributed by atoms with Crippen LogP contribution in [0.3, 0.4) is 0 Å². The van der Waals surface area contributed by atoms with Gasteiger partial charge in [0.25, 0.3) is 0 Å². The van der Waals surface area contributed by atoms with E-state index in [1.54, 1.807) is 0 Å². The van der Waals surface area contributed by atoms with Gasteiger partial charge in [-0.2, -0.15) is 0 Å². The van der Waals surface area contributed by atoms with Gasteiger partial charge in [-0.3, -0.25) is 0 Å². The van der Waals surface area contributed by atoms with E-state index in [4.69, 9.17) is 9.40 Å². The van der Waals surface area contributed by atoms with Gasteiger partial charge in [-0.25, -0.2) is 4.98 Å². The molecule has 19 aromatic rings. The minimum atomic E-state index is -2.75. The predicted molar refractivity (Wildman–Crippen MR) is 430 cm³/mol. The average molecular weight is 1340 g/mol. The number of aromatic nitrogens is 3. The maximum Gasteiger partial charge on any atom is 0.227 e. The molecule has 0 bridgehead atoms. The van der Waals surface area contributed by atoms with Crippen molar-refractivity contribution in [3.05, 3.63) is 415 Å². The Kier molecular flexibility index (Phi) is 11.9. The molecule has 482 valence electrons. The molecule has 2 unspecified atom stereocenters. The van der Waals surface area contributed by atoms with E-state index in [0.717, 1.165) is 27.8 Å². The van der Waals surface area contributed by atoms with E-state index >= 15 is 0 Å². The second kappa shape index (κ2) is 21.4. The summed E-state index contributed by atoms with van der Waals surface area (Å²) < 4.78 is 11.4. The summed E-state index contributed by atoms with van der Waals surface area (Å²) in [6.07, 6.45) is 0. The zero-order valence-electron chi connectivity index (χ0n) is 56.5. The SMILES string of the molecule is c1ccc([Si](c2ccccc2)(c2ccccc2)c2ccc(-c3ccc4c(c3)C3(c5ccccc5-4)c4ccccc4-n4c5ccc(-c6cccc7c6-c6ccc(-c8ccc(-c9nc%10ccccc%10o9)cc8)cc6C76c7ccccc7-n7c8ccccc8c8cccc6c87)cc5c5cccc3c54)cc2)cc1. The van der Waals surface area contributed by atoms with Crippen LogP contribution in [0.2, 0.25) is 0 Å². The summed E-state index contributed by atoms with van der Waals surface area (Å²) in [6, 6.07) is 140. The van der Waals surface area contributed by atoms with Crippen molar-refractivity contribution in [2.75, 3.05) is 0 Å². The summed E-state index contributed by atoms with van der Waals surface area (Å²) in [4.78, 5) is 4.87. The molecule has 2 atom stereocenters. The summed E-state index contributed by atoms with van der Waals surface area (Å²) >= 11 is 0. The van der Waals surface area contributed by atoms with Gasteiger partial charge in [0, 0.05) is 27.1 Å². The molecule has 2 aliphatic carbocycles. The Bertz CT molecular complexity index is 6710. The van der Waals surface area contributed by atoms with E-state index in [1.165, 1.54) is 165 Å². The predicted octanol–water partition coefficient (Wildman–Crippen LogP) is 21.4. The van der Waals surface area contributed by atoms with Crippen molar-refractivity contribution in [1.82, 2.24) is 14.1 Å². The fourth-order valence-electron chi connectivity index (χ4n) is 19.8. The van der Waals surface area contributed by atoms with Gasteiger partial charge in [0.05, 0.1) is 44.3 Å². The summed E-state index contributed by atoms with van der Waals surface area (Å²) in [5.74, 6) is 0.620. The quantitative estimate of drug-likeness (QED) is 0.112. The second-order valence-electron chi connectivity index (χ2n) is 28.6. The van der Waals surface area contributed by atoms with Crippen molar-refractivity contribution in [3.8, 4) is 78.5 Å². The van der Waals surface area contributed by atoms with Crippen LogP contribution in [-0.4, -0.2) is 22.2 Å². The van der Waals surface area contributed by atoms with Crippen LogP contribution in [0.5, 0.6) is 0 Å². The van der Waals surface area contributed by atoms with Gasteiger partial charge in [0.1, 0.15) is 5.52 Å². The molecular weight excluding hydrogens is 1280 g/mol. The maximum atomic E-state index is 6.29. The van der Waals surface area contributed by atoms with Gasteiger partial charge in [-0.05, 0) is 188 Å². The van der Waals surface area contributed by atoms with E-state index in [9.17, 15) is 0 Å². The van der Waals surface area contributed by atoms with E-state index in [-0.39, 0.29) is 0 Å².